The minimum absolute atomic E-state index is 0.109. The van der Waals surface area contributed by atoms with Crippen molar-refractivity contribution >= 4 is 11.6 Å². The first-order valence-electron chi connectivity index (χ1n) is 9.97. The number of carbonyl (C=O) groups is 1. The Morgan fingerprint density at radius 2 is 1.93 bits per heavy atom. The van der Waals surface area contributed by atoms with Crippen molar-refractivity contribution in [2.24, 2.45) is 5.92 Å². The SMILES string of the molecule is COc1cncc(C(NC(=O)c2ccc(N3CCCC3)cc2)C2CC(O)C2)c1. The summed E-state index contributed by atoms with van der Waals surface area (Å²) in [6, 6.07) is 9.53. The quantitative estimate of drug-likeness (QED) is 0.805. The molecule has 0 radical (unpaired) electrons. The van der Waals surface area contributed by atoms with Gasteiger partial charge in [0, 0.05) is 30.5 Å². The number of carbonyl (C=O) groups excluding carboxylic acids is 1. The van der Waals surface area contributed by atoms with Gasteiger partial charge in [-0.05, 0) is 67.5 Å². The third-order valence-electron chi connectivity index (χ3n) is 5.84. The summed E-state index contributed by atoms with van der Waals surface area (Å²) in [6.45, 7) is 2.17. The van der Waals surface area contributed by atoms with Crippen LogP contribution in [0.3, 0.4) is 0 Å². The van der Waals surface area contributed by atoms with Crippen molar-refractivity contribution in [2.45, 2.75) is 37.8 Å². The van der Waals surface area contributed by atoms with Crippen LogP contribution in [0, 0.1) is 5.92 Å². The number of aromatic nitrogens is 1. The second-order valence-electron chi connectivity index (χ2n) is 7.74. The van der Waals surface area contributed by atoms with Gasteiger partial charge in [-0.2, -0.15) is 0 Å². The molecule has 2 aliphatic rings. The molecule has 28 heavy (non-hydrogen) atoms. The molecule has 1 atom stereocenters. The van der Waals surface area contributed by atoms with E-state index < -0.39 is 0 Å². The first-order valence-corrected chi connectivity index (χ1v) is 9.97. The number of benzene rings is 1. The number of hydrogen-bond donors (Lipinski definition) is 2. The molecule has 6 heteroatoms. The number of methoxy groups -OCH3 is 1. The highest BCUT2D eigenvalue weighted by Gasteiger charge is 2.36. The number of hydrogen-bond acceptors (Lipinski definition) is 5. The Hall–Kier alpha value is -2.60. The molecule has 2 aromatic rings. The second kappa shape index (κ2) is 8.19. The average Bonchev–Trinajstić information content (AvgIpc) is 3.25. The molecule has 1 amide bonds. The third kappa shape index (κ3) is 3.97. The van der Waals surface area contributed by atoms with Gasteiger partial charge < -0.3 is 20.1 Å². The van der Waals surface area contributed by atoms with E-state index in [1.807, 2.05) is 30.3 Å². The summed E-state index contributed by atoms with van der Waals surface area (Å²) in [5.74, 6) is 0.741. The zero-order chi connectivity index (χ0) is 19.5. The van der Waals surface area contributed by atoms with Crippen LogP contribution in [0.4, 0.5) is 5.69 Å². The van der Waals surface area contributed by atoms with E-state index in [4.69, 9.17) is 4.74 Å². The van der Waals surface area contributed by atoms with Gasteiger partial charge in [-0.25, -0.2) is 0 Å². The van der Waals surface area contributed by atoms with Crippen LogP contribution in [0.1, 0.15) is 47.6 Å². The van der Waals surface area contributed by atoms with Crippen molar-refractivity contribution in [2.75, 3.05) is 25.1 Å². The molecule has 6 nitrogen and oxygen atoms in total. The van der Waals surface area contributed by atoms with Crippen molar-refractivity contribution in [1.29, 1.82) is 0 Å². The number of rotatable bonds is 6. The molecule has 1 aliphatic heterocycles. The lowest BCUT2D eigenvalue weighted by atomic mass is 9.75. The summed E-state index contributed by atoms with van der Waals surface area (Å²) >= 11 is 0. The van der Waals surface area contributed by atoms with Crippen molar-refractivity contribution in [3.8, 4) is 5.75 Å². The lowest BCUT2D eigenvalue weighted by Gasteiger charge is -2.38. The smallest absolute Gasteiger partial charge is 0.251 e. The zero-order valence-corrected chi connectivity index (χ0v) is 16.2. The maximum Gasteiger partial charge on any atom is 0.251 e. The standard InChI is InChI=1S/C22H27N3O3/c1-28-20-12-17(13-23-14-20)21(16-10-19(26)11-16)24-22(27)15-4-6-18(7-5-15)25-8-2-3-9-25/h4-7,12-14,16,19,21,26H,2-3,8-11H2,1H3,(H,24,27). The van der Waals surface area contributed by atoms with Crippen molar-refractivity contribution in [1.82, 2.24) is 10.3 Å². The Bertz CT molecular complexity index is 812. The van der Waals surface area contributed by atoms with Crippen LogP contribution in [-0.4, -0.2) is 42.3 Å². The Kier molecular flexibility index (Phi) is 5.48. The van der Waals surface area contributed by atoms with Crippen LogP contribution in [-0.2, 0) is 0 Å². The van der Waals surface area contributed by atoms with Gasteiger partial charge in [0.15, 0.2) is 0 Å². The molecule has 1 unspecified atom stereocenters. The van der Waals surface area contributed by atoms with Gasteiger partial charge in [0.25, 0.3) is 5.91 Å². The highest BCUT2D eigenvalue weighted by Crippen LogP contribution is 2.38. The van der Waals surface area contributed by atoms with E-state index in [0.717, 1.165) is 18.7 Å². The van der Waals surface area contributed by atoms with Crippen LogP contribution in [0.2, 0.25) is 0 Å². The summed E-state index contributed by atoms with van der Waals surface area (Å²) < 4.78 is 5.28. The van der Waals surface area contributed by atoms with E-state index >= 15 is 0 Å². The van der Waals surface area contributed by atoms with E-state index in [-0.39, 0.29) is 24.0 Å². The number of nitrogens with zero attached hydrogens (tertiary/aromatic N) is 2. The van der Waals surface area contributed by atoms with Gasteiger partial charge in [-0.3, -0.25) is 9.78 Å². The molecule has 0 spiro atoms. The van der Waals surface area contributed by atoms with Gasteiger partial charge in [-0.15, -0.1) is 0 Å². The topological polar surface area (TPSA) is 74.7 Å². The maximum absolute atomic E-state index is 12.9. The molecule has 1 aromatic heterocycles. The number of ether oxygens (including phenoxy) is 1. The molecule has 0 bridgehead atoms. The molecular weight excluding hydrogens is 354 g/mol. The summed E-state index contributed by atoms with van der Waals surface area (Å²) in [6.07, 6.45) is 6.93. The molecule has 1 saturated carbocycles. The van der Waals surface area contributed by atoms with E-state index in [1.165, 1.54) is 18.5 Å². The Balaban J connectivity index is 1.50. The van der Waals surface area contributed by atoms with Crippen LogP contribution in [0.25, 0.3) is 0 Å². The molecule has 1 aromatic carbocycles. The van der Waals surface area contributed by atoms with Crippen molar-refractivity contribution < 1.29 is 14.6 Å². The maximum atomic E-state index is 12.9. The van der Waals surface area contributed by atoms with Crippen LogP contribution >= 0.6 is 0 Å². The fourth-order valence-electron chi connectivity index (χ4n) is 4.12. The predicted octanol–water partition coefficient (Wildman–Crippen LogP) is 2.93. The third-order valence-corrected chi connectivity index (χ3v) is 5.84. The van der Waals surface area contributed by atoms with Gasteiger partial charge in [-0.1, -0.05) is 0 Å². The van der Waals surface area contributed by atoms with E-state index in [1.54, 1.807) is 19.5 Å². The number of aliphatic hydroxyl groups excluding tert-OH is 1. The molecule has 4 rings (SSSR count). The minimum atomic E-state index is -0.289. The highest BCUT2D eigenvalue weighted by molar-refractivity contribution is 5.94. The number of anilines is 1. The Morgan fingerprint density at radius 3 is 2.57 bits per heavy atom. The van der Waals surface area contributed by atoms with Crippen molar-refractivity contribution in [3.05, 3.63) is 53.9 Å². The number of nitrogens with one attached hydrogen (secondary N) is 1. The number of aliphatic hydroxyl groups is 1. The summed E-state index contributed by atoms with van der Waals surface area (Å²) in [7, 11) is 1.60. The van der Waals surface area contributed by atoms with E-state index in [0.29, 0.717) is 24.2 Å². The fourth-order valence-corrected chi connectivity index (χ4v) is 4.12. The largest absolute Gasteiger partial charge is 0.495 e. The number of amides is 1. The first kappa shape index (κ1) is 18.7. The van der Waals surface area contributed by atoms with E-state index in [9.17, 15) is 9.90 Å². The second-order valence-corrected chi connectivity index (χ2v) is 7.74. The van der Waals surface area contributed by atoms with E-state index in [2.05, 4.69) is 15.2 Å². The van der Waals surface area contributed by atoms with Gasteiger partial charge in [0.1, 0.15) is 5.75 Å². The molecule has 1 saturated heterocycles. The highest BCUT2D eigenvalue weighted by atomic mass is 16.5. The fraction of sp³-hybridized carbons (Fsp3) is 0.455. The molecule has 1 aliphatic carbocycles. The van der Waals surface area contributed by atoms with Crippen LogP contribution in [0.15, 0.2) is 42.7 Å². The summed E-state index contributed by atoms with van der Waals surface area (Å²) in [5.41, 5.74) is 2.71. The first-order chi connectivity index (χ1) is 13.6. The molecule has 2 fully saturated rings. The molecule has 2 heterocycles. The monoisotopic (exact) mass is 381 g/mol. The van der Waals surface area contributed by atoms with Gasteiger partial charge in [0.05, 0.1) is 25.5 Å². The minimum Gasteiger partial charge on any atom is -0.495 e. The lowest BCUT2D eigenvalue weighted by molar-refractivity contribution is 0.0234. The average molecular weight is 381 g/mol. The van der Waals surface area contributed by atoms with Gasteiger partial charge in [0.2, 0.25) is 0 Å². The van der Waals surface area contributed by atoms with Crippen LogP contribution in [0.5, 0.6) is 5.75 Å². The lowest BCUT2D eigenvalue weighted by Crippen LogP contribution is -2.41. The van der Waals surface area contributed by atoms with Crippen LogP contribution < -0.4 is 15.0 Å². The predicted molar refractivity (Wildman–Crippen MR) is 108 cm³/mol. The Labute approximate surface area is 165 Å². The molecule has 2 N–H and O–H groups in total. The van der Waals surface area contributed by atoms with Gasteiger partial charge >= 0.3 is 0 Å². The molecular formula is C22H27N3O3. The zero-order valence-electron chi connectivity index (χ0n) is 16.2. The summed E-state index contributed by atoms with van der Waals surface area (Å²) in [5, 5.41) is 12.9. The Morgan fingerprint density at radius 1 is 1.21 bits per heavy atom. The van der Waals surface area contributed by atoms with Crippen molar-refractivity contribution in [3.63, 3.8) is 0 Å². The number of pyridine rings is 1. The molecule has 148 valence electrons. The summed E-state index contributed by atoms with van der Waals surface area (Å²) in [4.78, 5) is 19.5. The normalized spacial score (nSPS) is 22.4.